The summed E-state index contributed by atoms with van der Waals surface area (Å²) in [6.07, 6.45) is 1.98. The van der Waals surface area contributed by atoms with Crippen molar-refractivity contribution in [1.82, 2.24) is 4.90 Å². The molecule has 4 rings (SSSR count). The molecule has 9 heteroatoms. The van der Waals surface area contributed by atoms with Crippen molar-refractivity contribution in [2.45, 2.75) is 76.1 Å². The Kier molecular flexibility index (Phi) is 8.40. The Morgan fingerprint density at radius 3 is 2.68 bits per heavy atom. The predicted octanol–water partition coefficient (Wildman–Crippen LogP) is 3.54. The third kappa shape index (κ3) is 4.60. The molecule has 1 spiro atoms. The third-order valence-electron chi connectivity index (χ3n) is 8.10. The number of benzene rings is 1. The number of fused-ring (bicyclic) bond motifs is 1. The third-order valence-corrected chi connectivity index (χ3v) is 8.95. The van der Waals surface area contributed by atoms with E-state index in [0.29, 0.717) is 12.8 Å². The lowest BCUT2D eigenvalue weighted by molar-refractivity contribution is -0.155. The SMILES string of the molecule is C=CCN(C(=O)[C@@H]1N([C@@H](CO)CC(C)C)C(=O)[C@H]2[C@H](C(=O)OCC)[C@H]3O[C@@]12CC3Br)c1cc(C)ccc1C. The minimum atomic E-state index is -1.22. The minimum Gasteiger partial charge on any atom is -0.466 e. The molecule has 3 aliphatic rings. The van der Waals surface area contributed by atoms with Crippen molar-refractivity contribution >= 4 is 39.4 Å². The molecule has 0 saturated carbocycles. The molecule has 0 aliphatic carbocycles. The molecule has 8 nitrogen and oxygen atoms in total. The van der Waals surface area contributed by atoms with Crippen LogP contribution < -0.4 is 4.90 Å². The van der Waals surface area contributed by atoms with Crippen molar-refractivity contribution in [2.75, 3.05) is 24.7 Å². The van der Waals surface area contributed by atoms with Crippen LogP contribution in [0, 0.1) is 31.6 Å². The number of aliphatic hydroxyl groups is 1. The highest BCUT2D eigenvalue weighted by molar-refractivity contribution is 9.09. The molecule has 3 heterocycles. The molecular weight excluding hydrogens is 552 g/mol. The second-order valence-corrected chi connectivity index (χ2v) is 12.3. The Hall–Kier alpha value is -2.23. The van der Waals surface area contributed by atoms with Gasteiger partial charge in [-0.1, -0.05) is 48.0 Å². The van der Waals surface area contributed by atoms with Crippen LogP contribution in [-0.2, 0) is 23.9 Å². The number of carbonyl (C=O) groups excluding carboxylic acids is 3. The van der Waals surface area contributed by atoms with E-state index in [2.05, 4.69) is 22.5 Å². The van der Waals surface area contributed by atoms with Gasteiger partial charge in [-0.05, 0) is 56.7 Å². The van der Waals surface area contributed by atoms with Crippen LogP contribution in [0.1, 0.15) is 44.7 Å². The lowest BCUT2D eigenvalue weighted by Gasteiger charge is -2.40. The quantitative estimate of drug-likeness (QED) is 0.254. The summed E-state index contributed by atoms with van der Waals surface area (Å²) >= 11 is 3.68. The van der Waals surface area contributed by atoms with Crippen LogP contribution >= 0.6 is 15.9 Å². The highest BCUT2D eigenvalue weighted by atomic mass is 79.9. The van der Waals surface area contributed by atoms with E-state index >= 15 is 0 Å². The first-order valence-electron chi connectivity index (χ1n) is 13.4. The van der Waals surface area contributed by atoms with Crippen molar-refractivity contribution in [3.05, 3.63) is 42.0 Å². The molecule has 38 heavy (non-hydrogen) atoms. The van der Waals surface area contributed by atoms with Crippen molar-refractivity contribution < 1.29 is 29.0 Å². The lowest BCUT2D eigenvalue weighted by atomic mass is 9.70. The summed E-state index contributed by atoms with van der Waals surface area (Å²) in [5.41, 5.74) is 1.43. The number of nitrogens with zero attached hydrogens (tertiary/aromatic N) is 2. The molecule has 1 aromatic carbocycles. The van der Waals surface area contributed by atoms with E-state index < -0.39 is 41.6 Å². The van der Waals surface area contributed by atoms with Crippen LogP contribution in [0.25, 0.3) is 0 Å². The number of anilines is 1. The fraction of sp³-hybridized carbons (Fsp3) is 0.621. The molecule has 0 radical (unpaired) electrons. The van der Waals surface area contributed by atoms with Crippen LogP contribution in [0.5, 0.6) is 0 Å². The van der Waals surface area contributed by atoms with Crippen molar-refractivity contribution in [1.29, 1.82) is 0 Å². The average molecular weight is 592 g/mol. The number of ether oxygens (including phenoxy) is 2. The average Bonchev–Trinajstić information content (AvgIpc) is 3.45. The van der Waals surface area contributed by atoms with Gasteiger partial charge in [0.05, 0.1) is 37.2 Å². The Bertz CT molecular complexity index is 1110. The Morgan fingerprint density at radius 2 is 2.08 bits per heavy atom. The molecule has 1 aromatic rings. The van der Waals surface area contributed by atoms with Gasteiger partial charge in [-0.15, -0.1) is 6.58 Å². The van der Waals surface area contributed by atoms with Crippen LogP contribution in [0.15, 0.2) is 30.9 Å². The van der Waals surface area contributed by atoms with E-state index in [1.54, 1.807) is 17.9 Å². The molecule has 3 fully saturated rings. The molecule has 3 aliphatic heterocycles. The zero-order valence-electron chi connectivity index (χ0n) is 22.9. The summed E-state index contributed by atoms with van der Waals surface area (Å²) in [4.78, 5) is 45.1. The topological polar surface area (TPSA) is 96.4 Å². The highest BCUT2D eigenvalue weighted by Crippen LogP contribution is 2.61. The zero-order valence-corrected chi connectivity index (χ0v) is 24.4. The maximum atomic E-state index is 14.7. The first-order chi connectivity index (χ1) is 18.0. The van der Waals surface area contributed by atoms with Crippen molar-refractivity contribution in [3.63, 3.8) is 0 Å². The monoisotopic (exact) mass is 590 g/mol. The number of aryl methyl sites for hydroxylation is 2. The van der Waals surface area contributed by atoms with Crippen molar-refractivity contribution in [2.24, 2.45) is 17.8 Å². The van der Waals surface area contributed by atoms with Gasteiger partial charge in [-0.3, -0.25) is 14.4 Å². The molecule has 0 aromatic heterocycles. The summed E-state index contributed by atoms with van der Waals surface area (Å²) in [6.45, 7) is 13.6. The van der Waals surface area contributed by atoms with Gasteiger partial charge in [-0.2, -0.15) is 0 Å². The molecule has 208 valence electrons. The fourth-order valence-electron chi connectivity index (χ4n) is 6.66. The number of halogens is 1. The van der Waals surface area contributed by atoms with Gasteiger partial charge in [-0.25, -0.2) is 0 Å². The summed E-state index contributed by atoms with van der Waals surface area (Å²) < 4.78 is 11.9. The number of esters is 1. The van der Waals surface area contributed by atoms with Gasteiger partial charge in [0.2, 0.25) is 5.91 Å². The van der Waals surface area contributed by atoms with Crippen LogP contribution in [-0.4, -0.2) is 76.2 Å². The first-order valence-corrected chi connectivity index (χ1v) is 14.3. The molecule has 1 N–H and O–H groups in total. The number of hydrogen-bond donors (Lipinski definition) is 1. The maximum absolute atomic E-state index is 14.7. The number of aliphatic hydroxyl groups excluding tert-OH is 1. The van der Waals surface area contributed by atoms with Gasteiger partial charge >= 0.3 is 5.97 Å². The van der Waals surface area contributed by atoms with Gasteiger partial charge < -0.3 is 24.4 Å². The number of amides is 2. The molecular formula is C29H39BrN2O6. The van der Waals surface area contributed by atoms with Gasteiger partial charge in [0.1, 0.15) is 11.6 Å². The van der Waals surface area contributed by atoms with Gasteiger partial charge in [0, 0.05) is 17.1 Å². The van der Waals surface area contributed by atoms with E-state index in [9.17, 15) is 19.5 Å². The highest BCUT2D eigenvalue weighted by Gasteiger charge is 2.77. The summed E-state index contributed by atoms with van der Waals surface area (Å²) in [7, 11) is 0. The Balaban J connectivity index is 1.87. The smallest absolute Gasteiger partial charge is 0.312 e. The van der Waals surface area contributed by atoms with E-state index in [1.165, 1.54) is 4.90 Å². The van der Waals surface area contributed by atoms with Gasteiger partial charge in [0.25, 0.3) is 5.91 Å². The normalized spacial score (nSPS) is 30.5. The second kappa shape index (κ2) is 11.1. The molecule has 1 unspecified atom stereocenters. The Morgan fingerprint density at radius 1 is 1.37 bits per heavy atom. The van der Waals surface area contributed by atoms with Crippen LogP contribution in [0.4, 0.5) is 5.69 Å². The predicted molar refractivity (Wildman–Crippen MR) is 148 cm³/mol. The number of likely N-dealkylation sites (tertiary alicyclic amines) is 1. The van der Waals surface area contributed by atoms with Gasteiger partial charge in [0.15, 0.2) is 0 Å². The number of rotatable bonds is 10. The first kappa shape index (κ1) is 28.8. The van der Waals surface area contributed by atoms with E-state index in [1.807, 2.05) is 45.9 Å². The number of hydrogen-bond acceptors (Lipinski definition) is 6. The van der Waals surface area contributed by atoms with E-state index in [4.69, 9.17) is 9.47 Å². The fourth-order valence-corrected chi connectivity index (χ4v) is 7.60. The molecule has 2 amide bonds. The van der Waals surface area contributed by atoms with Crippen LogP contribution in [0.2, 0.25) is 0 Å². The minimum absolute atomic E-state index is 0.166. The standard InChI is InChI=1S/C29H39BrN2O6/c1-7-11-31(21-13-17(5)9-10-18(21)6)27(35)25-29-14-20(30)24(38-29)22(28(36)37-8-2)23(29)26(34)32(25)19(15-33)12-16(3)4/h7,9-10,13,16,19-20,22-25,33H,1,8,11-12,14-15H2,2-6H3/t19-,20?,22+,23-,24+,25+,29-/m1/s1. The molecule has 7 atom stereocenters. The second-order valence-electron chi connectivity index (χ2n) is 11.2. The Labute approximate surface area is 233 Å². The number of carbonyl (C=O) groups is 3. The zero-order chi connectivity index (χ0) is 27.9. The van der Waals surface area contributed by atoms with Crippen molar-refractivity contribution in [3.8, 4) is 0 Å². The maximum Gasteiger partial charge on any atom is 0.312 e. The summed E-state index contributed by atoms with van der Waals surface area (Å²) in [6, 6.07) is 4.29. The van der Waals surface area contributed by atoms with E-state index in [0.717, 1.165) is 16.8 Å². The van der Waals surface area contributed by atoms with Crippen LogP contribution in [0.3, 0.4) is 0 Å². The lowest BCUT2D eigenvalue weighted by Crippen LogP contribution is -2.59. The largest absolute Gasteiger partial charge is 0.466 e. The summed E-state index contributed by atoms with van der Waals surface area (Å²) in [5, 5.41) is 10.5. The molecule has 2 bridgehead atoms. The molecule has 3 saturated heterocycles. The number of alkyl halides is 1. The van der Waals surface area contributed by atoms with E-state index in [-0.39, 0.29) is 42.3 Å². The summed E-state index contributed by atoms with van der Waals surface area (Å²) in [5.74, 6) is -2.65.